The van der Waals surface area contributed by atoms with Crippen LogP contribution in [0.4, 0.5) is 21.0 Å². The molecule has 10 nitrogen and oxygen atoms in total. The molecule has 0 aliphatic carbocycles. The number of carbonyl (C=O) groups excluding carboxylic acids is 3. The van der Waals surface area contributed by atoms with Gasteiger partial charge >= 0.3 is 12.1 Å². The molecule has 0 saturated heterocycles. The van der Waals surface area contributed by atoms with E-state index in [9.17, 15) is 22.8 Å². The maximum absolute atomic E-state index is 12.9. The smallest absolute Gasteiger partial charge is 0.413 e. The summed E-state index contributed by atoms with van der Waals surface area (Å²) in [5, 5.41) is 7.20. The highest BCUT2D eigenvalue weighted by atomic mass is 32.2. The van der Waals surface area contributed by atoms with Crippen molar-refractivity contribution in [2.45, 2.75) is 11.8 Å². The molecule has 0 aliphatic heterocycles. The van der Waals surface area contributed by atoms with E-state index in [2.05, 4.69) is 20.7 Å². The van der Waals surface area contributed by atoms with Crippen LogP contribution in [0.5, 0.6) is 0 Å². The number of ether oxygens (including phenoxy) is 1. The molecule has 0 saturated carbocycles. The first-order valence-electron chi connectivity index (χ1n) is 10.4. The lowest BCUT2D eigenvalue weighted by Gasteiger charge is -2.16. The van der Waals surface area contributed by atoms with E-state index in [1.54, 1.807) is 49.4 Å². The van der Waals surface area contributed by atoms with Crippen molar-refractivity contribution >= 4 is 56.6 Å². The molecular weight excluding hydrogens is 504 g/mol. The number of hydrogen-bond donors (Lipinski definition) is 4. The highest BCUT2D eigenvalue weighted by Crippen LogP contribution is 2.25. The number of methoxy groups -OCH3 is 1. The minimum absolute atomic E-state index is 0.0882. The van der Waals surface area contributed by atoms with Crippen molar-refractivity contribution < 1.29 is 27.5 Å². The van der Waals surface area contributed by atoms with E-state index in [-0.39, 0.29) is 32.7 Å². The number of aryl methyl sites for hydroxylation is 1. The number of amides is 3. The van der Waals surface area contributed by atoms with Crippen LogP contribution in [0, 0.1) is 6.92 Å². The summed E-state index contributed by atoms with van der Waals surface area (Å²) in [6.45, 7) is 1.80. The molecule has 0 radical (unpaired) electrons. The van der Waals surface area contributed by atoms with Crippen molar-refractivity contribution in [3.8, 4) is 0 Å². The van der Waals surface area contributed by atoms with Gasteiger partial charge in [-0.05, 0) is 49.5 Å². The van der Waals surface area contributed by atoms with Gasteiger partial charge in [0.25, 0.3) is 10.0 Å². The molecule has 0 fully saturated rings. The zero-order valence-electron chi connectivity index (χ0n) is 19.2. The minimum Gasteiger partial charge on any atom is -0.453 e. The number of anilines is 2. The Kier molecular flexibility index (Phi) is 8.35. The minimum atomic E-state index is -4.15. The molecule has 0 unspecified atom stereocenters. The average molecular weight is 527 g/mol. The zero-order valence-corrected chi connectivity index (χ0v) is 20.8. The Morgan fingerprint density at radius 2 is 1.50 bits per heavy atom. The van der Waals surface area contributed by atoms with Crippen molar-refractivity contribution in [2.24, 2.45) is 0 Å². The number of hydrogen-bond acceptors (Lipinski definition) is 7. The maximum Gasteiger partial charge on any atom is 0.413 e. The van der Waals surface area contributed by atoms with E-state index in [0.717, 1.165) is 12.7 Å². The lowest BCUT2D eigenvalue weighted by atomic mass is 10.0. The Morgan fingerprint density at radius 3 is 2.14 bits per heavy atom. The third kappa shape index (κ3) is 6.87. The zero-order chi connectivity index (χ0) is 26.3. The normalized spacial score (nSPS) is 10.6. The second-order valence-corrected chi connectivity index (χ2v) is 9.49. The Labute approximate surface area is 213 Å². The first kappa shape index (κ1) is 26.3. The van der Waals surface area contributed by atoms with Crippen LogP contribution in [0.2, 0.25) is 0 Å². The maximum atomic E-state index is 12.9. The van der Waals surface area contributed by atoms with Crippen LogP contribution in [-0.2, 0) is 14.8 Å². The van der Waals surface area contributed by atoms with Crippen LogP contribution in [-0.4, -0.2) is 38.5 Å². The fraction of sp³-hybridized carbons (Fsp3) is 0.0833. The van der Waals surface area contributed by atoms with Crippen molar-refractivity contribution in [1.29, 1.82) is 0 Å². The number of rotatable bonds is 6. The van der Waals surface area contributed by atoms with Gasteiger partial charge in [-0.3, -0.25) is 10.1 Å². The largest absolute Gasteiger partial charge is 0.453 e. The summed E-state index contributed by atoms with van der Waals surface area (Å²) in [4.78, 5) is 36.8. The van der Waals surface area contributed by atoms with Crippen LogP contribution < -0.4 is 20.7 Å². The molecular formula is C24H22N4O6S2. The first-order chi connectivity index (χ1) is 17.1. The fourth-order valence-corrected chi connectivity index (χ4v) is 4.10. The number of carbonyl (C=O) groups is 3. The van der Waals surface area contributed by atoms with Gasteiger partial charge in [-0.25, -0.2) is 22.7 Å². The van der Waals surface area contributed by atoms with Crippen LogP contribution in [0.1, 0.15) is 21.5 Å². The summed E-state index contributed by atoms with van der Waals surface area (Å²) in [7, 11) is -2.99. The highest BCUT2D eigenvalue weighted by molar-refractivity contribution is 7.90. The molecule has 0 spiro atoms. The molecule has 0 aromatic heterocycles. The van der Waals surface area contributed by atoms with E-state index in [4.69, 9.17) is 12.2 Å². The van der Waals surface area contributed by atoms with Crippen molar-refractivity contribution in [3.05, 3.63) is 89.5 Å². The topological polar surface area (TPSA) is 143 Å². The number of nitrogens with one attached hydrogen (secondary N) is 4. The van der Waals surface area contributed by atoms with Crippen molar-refractivity contribution in [1.82, 2.24) is 10.0 Å². The Morgan fingerprint density at radius 1 is 0.833 bits per heavy atom. The van der Waals surface area contributed by atoms with Crippen LogP contribution in [0.15, 0.2) is 77.7 Å². The number of thiocarbonyl (C=S) groups is 1. The summed E-state index contributed by atoms with van der Waals surface area (Å²) in [6, 6.07) is 17.7. The van der Waals surface area contributed by atoms with Gasteiger partial charge in [0.2, 0.25) is 0 Å². The van der Waals surface area contributed by atoms with Gasteiger partial charge in [-0.1, -0.05) is 48.0 Å². The summed E-state index contributed by atoms with van der Waals surface area (Å²) < 4.78 is 31.5. The molecule has 3 rings (SSSR count). The molecule has 0 bridgehead atoms. The molecule has 0 atom stereocenters. The van der Waals surface area contributed by atoms with E-state index < -0.39 is 22.1 Å². The monoisotopic (exact) mass is 526 g/mol. The van der Waals surface area contributed by atoms with Crippen LogP contribution in [0.3, 0.4) is 0 Å². The summed E-state index contributed by atoms with van der Waals surface area (Å²) in [5.74, 6) is -0.302. The highest BCUT2D eigenvalue weighted by Gasteiger charge is 2.20. The molecule has 186 valence electrons. The second kappa shape index (κ2) is 11.4. The third-order valence-corrected chi connectivity index (χ3v) is 6.32. The number of urea groups is 1. The number of ketones is 1. The van der Waals surface area contributed by atoms with Gasteiger partial charge in [0.15, 0.2) is 10.9 Å². The quantitative estimate of drug-likeness (QED) is 0.281. The lowest BCUT2D eigenvalue weighted by molar-refractivity contribution is 0.103. The molecule has 3 aromatic rings. The number of sulfonamides is 1. The molecule has 3 aromatic carbocycles. The third-order valence-electron chi connectivity index (χ3n) is 4.77. The van der Waals surface area contributed by atoms with E-state index in [1.165, 1.54) is 30.3 Å². The van der Waals surface area contributed by atoms with Gasteiger partial charge in [-0.15, -0.1) is 0 Å². The van der Waals surface area contributed by atoms with E-state index >= 15 is 0 Å². The second-order valence-electron chi connectivity index (χ2n) is 7.40. The van der Waals surface area contributed by atoms with Gasteiger partial charge in [0.05, 0.1) is 23.4 Å². The van der Waals surface area contributed by atoms with Gasteiger partial charge in [0.1, 0.15) is 0 Å². The lowest BCUT2D eigenvalue weighted by Crippen LogP contribution is -2.36. The Bertz CT molecular complexity index is 1410. The van der Waals surface area contributed by atoms with Crippen LogP contribution in [0.25, 0.3) is 0 Å². The molecule has 0 aliphatic rings. The molecule has 3 amide bonds. The molecule has 12 heteroatoms. The molecule has 4 N–H and O–H groups in total. The Balaban J connectivity index is 1.86. The first-order valence-corrected chi connectivity index (χ1v) is 12.3. The van der Waals surface area contributed by atoms with E-state index in [0.29, 0.717) is 5.56 Å². The number of benzene rings is 3. The van der Waals surface area contributed by atoms with Gasteiger partial charge in [-0.2, -0.15) is 0 Å². The summed E-state index contributed by atoms with van der Waals surface area (Å²) >= 11 is 5.08. The van der Waals surface area contributed by atoms with E-state index in [1.807, 2.05) is 4.72 Å². The fourth-order valence-electron chi connectivity index (χ4n) is 3.00. The Hall–Kier alpha value is -4.29. The average Bonchev–Trinajstić information content (AvgIpc) is 2.85. The molecule has 36 heavy (non-hydrogen) atoms. The van der Waals surface area contributed by atoms with Crippen LogP contribution >= 0.6 is 12.2 Å². The SMILES string of the molecule is COC(=O)NC(=S)Nc1cc(C(=O)c2ccccc2)ccc1NC(=O)NS(=O)(=O)c1ccc(C)cc1. The van der Waals surface area contributed by atoms with Crippen molar-refractivity contribution in [2.75, 3.05) is 17.7 Å². The summed E-state index contributed by atoms with van der Waals surface area (Å²) in [5.41, 5.74) is 1.76. The number of alkyl carbamates (subject to hydrolysis) is 1. The summed E-state index contributed by atoms with van der Waals surface area (Å²) in [6.07, 6.45) is -0.833. The molecule has 0 heterocycles. The van der Waals surface area contributed by atoms with Crippen molar-refractivity contribution in [3.63, 3.8) is 0 Å². The standard InChI is InChI=1S/C24H22N4O6S2/c1-15-8-11-18(12-9-15)36(32,33)28-22(30)25-19-13-10-17(21(29)16-6-4-3-5-7-16)14-20(19)26-23(35)27-24(31)34-2/h3-14H,1-2H3,(H2,25,28,30)(H2,26,27,31,35). The van der Waals surface area contributed by atoms with Gasteiger partial charge < -0.3 is 15.4 Å². The predicted molar refractivity (Wildman–Crippen MR) is 139 cm³/mol. The van der Waals surface area contributed by atoms with Gasteiger partial charge in [0, 0.05) is 11.1 Å². The predicted octanol–water partition coefficient (Wildman–Crippen LogP) is 3.79.